The molecule has 1 amide bonds. The Kier molecular flexibility index (Phi) is 4.55. The van der Waals surface area contributed by atoms with Gasteiger partial charge >= 0.3 is 5.97 Å². The number of nitrogens with one attached hydrogen (secondary N) is 1. The summed E-state index contributed by atoms with van der Waals surface area (Å²) in [5, 5.41) is 8.50. The number of nitrogens with zero attached hydrogens (tertiary/aromatic N) is 2. The molecular weight excluding hydrogens is 296 g/mol. The Morgan fingerprint density at radius 1 is 1.40 bits per heavy atom. The molecule has 0 saturated carbocycles. The molecular formula is C10H11F2N3O4S. The second kappa shape index (κ2) is 6.18. The summed E-state index contributed by atoms with van der Waals surface area (Å²) in [4.78, 5) is 23.0. The van der Waals surface area contributed by atoms with Gasteiger partial charge < -0.3 is 9.47 Å². The zero-order valence-electron chi connectivity index (χ0n) is 10.3. The molecule has 1 aliphatic heterocycles. The zero-order valence-corrected chi connectivity index (χ0v) is 11.2. The number of carbonyl (C=O) groups is 2. The molecule has 0 aromatic carbocycles. The highest BCUT2D eigenvalue weighted by Gasteiger charge is 2.35. The number of esters is 1. The van der Waals surface area contributed by atoms with Crippen molar-refractivity contribution in [3.8, 4) is 0 Å². The monoisotopic (exact) mass is 307 g/mol. The van der Waals surface area contributed by atoms with E-state index >= 15 is 0 Å². The first-order valence-corrected chi connectivity index (χ1v) is 6.48. The highest BCUT2D eigenvalue weighted by atomic mass is 32.1. The Labute approximate surface area is 116 Å². The van der Waals surface area contributed by atoms with Crippen molar-refractivity contribution in [3.63, 3.8) is 0 Å². The van der Waals surface area contributed by atoms with Gasteiger partial charge in [-0.15, -0.1) is 10.2 Å². The molecule has 0 bridgehead atoms. The Hall–Kier alpha value is -1.68. The van der Waals surface area contributed by atoms with Gasteiger partial charge in [0.25, 0.3) is 12.3 Å². The van der Waals surface area contributed by atoms with Crippen molar-refractivity contribution in [3.05, 3.63) is 5.01 Å². The minimum absolute atomic E-state index is 0.0320. The van der Waals surface area contributed by atoms with E-state index in [1.54, 1.807) is 0 Å². The van der Waals surface area contributed by atoms with Crippen molar-refractivity contribution >= 4 is 28.3 Å². The number of rotatable bonds is 4. The maximum Gasteiger partial charge on any atom is 0.335 e. The molecule has 1 aliphatic rings. The van der Waals surface area contributed by atoms with Crippen LogP contribution in [0.2, 0.25) is 0 Å². The van der Waals surface area contributed by atoms with Crippen LogP contribution >= 0.6 is 11.3 Å². The predicted octanol–water partition coefficient (Wildman–Crippen LogP) is 1.13. The third kappa shape index (κ3) is 3.25. The summed E-state index contributed by atoms with van der Waals surface area (Å²) in [7, 11) is 1.23. The van der Waals surface area contributed by atoms with Crippen LogP contribution in [0.25, 0.3) is 0 Å². The Morgan fingerprint density at radius 2 is 2.10 bits per heavy atom. The molecule has 0 aliphatic carbocycles. The van der Waals surface area contributed by atoms with Crippen LogP contribution in [-0.4, -0.2) is 41.4 Å². The smallest absolute Gasteiger partial charge is 0.335 e. The molecule has 0 radical (unpaired) electrons. The van der Waals surface area contributed by atoms with Crippen LogP contribution in [-0.2, 0) is 19.1 Å². The lowest BCUT2D eigenvalue weighted by Gasteiger charge is -2.10. The molecule has 2 atom stereocenters. The molecule has 20 heavy (non-hydrogen) atoms. The zero-order chi connectivity index (χ0) is 14.7. The number of carbonyl (C=O) groups excluding carboxylic acids is 2. The van der Waals surface area contributed by atoms with Gasteiger partial charge in [-0.1, -0.05) is 11.3 Å². The van der Waals surface area contributed by atoms with E-state index in [0.717, 1.165) is 0 Å². The van der Waals surface area contributed by atoms with Crippen LogP contribution in [0.1, 0.15) is 24.3 Å². The van der Waals surface area contributed by atoms with Crippen molar-refractivity contribution in [2.24, 2.45) is 0 Å². The Bertz CT molecular complexity index is 510. The summed E-state index contributed by atoms with van der Waals surface area (Å²) in [5.74, 6) is -1.09. The summed E-state index contributed by atoms with van der Waals surface area (Å²) >= 11 is 0.588. The molecule has 1 aromatic heterocycles. The number of hydrogen-bond donors (Lipinski definition) is 1. The SMILES string of the molecule is COC(=O)[C@H]1CC[C@@H](C(=O)Nc2nnc(C(F)F)s2)O1. The second-order valence-corrected chi connectivity index (χ2v) is 4.96. The minimum atomic E-state index is -2.73. The number of methoxy groups -OCH3 is 1. The van der Waals surface area contributed by atoms with Gasteiger partial charge in [0.15, 0.2) is 11.1 Å². The molecule has 1 saturated heterocycles. The standard InChI is InChI=1S/C10H11F2N3O4S/c1-18-9(17)5-3-2-4(19-5)7(16)13-10-15-14-8(20-10)6(11)12/h4-6H,2-3H2,1H3,(H,13,15,16)/t4-,5+/m0/s1. The average Bonchev–Trinajstić information content (AvgIpc) is 3.06. The number of ether oxygens (including phenoxy) is 2. The molecule has 2 rings (SSSR count). The van der Waals surface area contributed by atoms with Crippen molar-refractivity contribution in [1.82, 2.24) is 10.2 Å². The van der Waals surface area contributed by atoms with Crippen LogP contribution in [0.4, 0.5) is 13.9 Å². The Balaban J connectivity index is 1.90. The lowest BCUT2D eigenvalue weighted by molar-refractivity contribution is -0.154. The first-order valence-electron chi connectivity index (χ1n) is 5.67. The van der Waals surface area contributed by atoms with E-state index in [-0.39, 0.29) is 5.13 Å². The summed E-state index contributed by atoms with van der Waals surface area (Å²) in [5.41, 5.74) is 0. The molecule has 7 nitrogen and oxygen atoms in total. The topological polar surface area (TPSA) is 90.4 Å². The second-order valence-electron chi connectivity index (χ2n) is 3.95. The number of hydrogen-bond acceptors (Lipinski definition) is 7. The normalized spacial score (nSPS) is 22.0. The third-order valence-corrected chi connectivity index (χ3v) is 3.48. The molecule has 0 spiro atoms. The van der Waals surface area contributed by atoms with Gasteiger partial charge in [0, 0.05) is 0 Å². The molecule has 2 heterocycles. The van der Waals surface area contributed by atoms with Gasteiger partial charge in [0.05, 0.1) is 7.11 Å². The van der Waals surface area contributed by atoms with Crippen LogP contribution in [0, 0.1) is 0 Å². The quantitative estimate of drug-likeness (QED) is 0.839. The molecule has 0 unspecified atom stereocenters. The highest BCUT2D eigenvalue weighted by molar-refractivity contribution is 7.15. The molecule has 1 aromatic rings. The fraction of sp³-hybridized carbons (Fsp3) is 0.600. The van der Waals surface area contributed by atoms with Crippen molar-refractivity contribution in [2.45, 2.75) is 31.5 Å². The van der Waals surface area contributed by atoms with E-state index in [9.17, 15) is 18.4 Å². The van der Waals surface area contributed by atoms with Gasteiger partial charge in [-0.05, 0) is 12.8 Å². The largest absolute Gasteiger partial charge is 0.467 e. The van der Waals surface area contributed by atoms with Crippen LogP contribution in [0.5, 0.6) is 0 Å². The van der Waals surface area contributed by atoms with E-state index in [1.807, 2.05) is 0 Å². The van der Waals surface area contributed by atoms with E-state index in [2.05, 4.69) is 20.3 Å². The van der Waals surface area contributed by atoms with Crippen molar-refractivity contribution in [1.29, 1.82) is 0 Å². The third-order valence-electron chi connectivity index (χ3n) is 2.63. The number of halogens is 2. The number of aromatic nitrogens is 2. The van der Waals surface area contributed by atoms with Crippen LogP contribution in [0.3, 0.4) is 0 Å². The van der Waals surface area contributed by atoms with Crippen molar-refractivity contribution < 1.29 is 27.8 Å². The molecule has 1 N–H and O–H groups in total. The van der Waals surface area contributed by atoms with Gasteiger partial charge in [-0.3, -0.25) is 10.1 Å². The van der Waals surface area contributed by atoms with Crippen LogP contribution in [0.15, 0.2) is 0 Å². The maximum atomic E-state index is 12.3. The van der Waals surface area contributed by atoms with Gasteiger partial charge in [-0.25, -0.2) is 13.6 Å². The fourth-order valence-electron chi connectivity index (χ4n) is 1.69. The first kappa shape index (κ1) is 14.7. The summed E-state index contributed by atoms with van der Waals surface area (Å²) in [6.45, 7) is 0. The van der Waals surface area contributed by atoms with E-state index in [4.69, 9.17) is 4.74 Å². The molecule has 110 valence electrons. The average molecular weight is 307 g/mol. The Morgan fingerprint density at radius 3 is 2.70 bits per heavy atom. The highest BCUT2D eigenvalue weighted by Crippen LogP contribution is 2.26. The maximum absolute atomic E-state index is 12.3. The number of alkyl halides is 2. The fourth-order valence-corrected chi connectivity index (χ4v) is 2.30. The van der Waals surface area contributed by atoms with E-state index in [1.165, 1.54) is 7.11 Å². The summed E-state index contributed by atoms with van der Waals surface area (Å²) in [6.07, 6.45) is -3.64. The van der Waals surface area contributed by atoms with Gasteiger partial charge in [0.2, 0.25) is 5.13 Å². The van der Waals surface area contributed by atoms with E-state index in [0.29, 0.717) is 24.2 Å². The predicted molar refractivity (Wildman–Crippen MR) is 63.4 cm³/mol. The number of amides is 1. The summed E-state index contributed by atoms with van der Waals surface area (Å²) < 4.78 is 34.4. The molecule has 10 heteroatoms. The van der Waals surface area contributed by atoms with Crippen LogP contribution < -0.4 is 5.32 Å². The van der Waals surface area contributed by atoms with Crippen molar-refractivity contribution in [2.75, 3.05) is 12.4 Å². The lowest BCUT2D eigenvalue weighted by atomic mass is 10.2. The summed E-state index contributed by atoms with van der Waals surface area (Å²) in [6, 6.07) is 0. The lowest BCUT2D eigenvalue weighted by Crippen LogP contribution is -2.30. The van der Waals surface area contributed by atoms with Gasteiger partial charge in [0.1, 0.15) is 6.10 Å². The minimum Gasteiger partial charge on any atom is -0.467 e. The van der Waals surface area contributed by atoms with E-state index < -0.39 is 35.5 Å². The number of anilines is 1. The first-order chi connectivity index (χ1) is 9.51. The molecule has 1 fully saturated rings. The van der Waals surface area contributed by atoms with Gasteiger partial charge in [-0.2, -0.15) is 0 Å².